The summed E-state index contributed by atoms with van der Waals surface area (Å²) < 4.78 is 6.15. The molecule has 92 valence electrons. The molecule has 0 aliphatic heterocycles. The van der Waals surface area contributed by atoms with E-state index in [9.17, 15) is 4.79 Å². The fraction of sp³-hybridized carbons (Fsp3) is 0.308. The van der Waals surface area contributed by atoms with E-state index in [0.29, 0.717) is 18.8 Å². The highest BCUT2D eigenvalue weighted by Gasteiger charge is 2.07. The van der Waals surface area contributed by atoms with Crippen molar-refractivity contribution in [1.82, 2.24) is 4.90 Å². The summed E-state index contributed by atoms with van der Waals surface area (Å²) in [7, 11) is 0. The lowest BCUT2D eigenvalue weighted by atomic mass is 10.3. The first-order chi connectivity index (χ1) is 8.02. The molecule has 4 heteroatoms. The minimum Gasteiger partial charge on any atom is -0.451 e. The second kappa shape index (κ2) is 6.64. The van der Waals surface area contributed by atoms with Crippen LogP contribution in [0.5, 0.6) is 0 Å². The fourth-order valence-corrected chi connectivity index (χ4v) is 1.78. The summed E-state index contributed by atoms with van der Waals surface area (Å²) >= 11 is 2.09. The number of carbonyl (C=O) groups is 1. The number of carbonyl (C=O) groups excluding carboxylic acids is 1. The fourth-order valence-electron chi connectivity index (χ4n) is 1.35. The first-order valence-electron chi connectivity index (χ1n) is 5.39. The van der Waals surface area contributed by atoms with Crippen molar-refractivity contribution in [2.45, 2.75) is 13.8 Å². The molecule has 1 amide bonds. The minimum absolute atomic E-state index is 0.0260. The van der Waals surface area contributed by atoms with Crippen molar-refractivity contribution in [1.29, 1.82) is 0 Å². The lowest BCUT2D eigenvalue weighted by Crippen LogP contribution is -2.30. The number of nitrogens with zero attached hydrogens (tertiary/aromatic N) is 1. The van der Waals surface area contributed by atoms with Gasteiger partial charge in [-0.2, -0.15) is 0 Å². The summed E-state index contributed by atoms with van der Waals surface area (Å²) in [6, 6.07) is 3.69. The third kappa shape index (κ3) is 4.77. The molecule has 0 fully saturated rings. The molecule has 0 spiro atoms. The zero-order valence-electron chi connectivity index (χ0n) is 10.1. The topological polar surface area (TPSA) is 33.5 Å². The monoisotopic (exact) mass is 345 g/mol. The molecule has 0 aromatic carbocycles. The lowest BCUT2D eigenvalue weighted by Gasteiger charge is -2.18. The Bertz CT molecular complexity index is 434. The van der Waals surface area contributed by atoms with Crippen molar-refractivity contribution in [3.63, 3.8) is 0 Å². The van der Waals surface area contributed by atoms with E-state index in [1.807, 2.05) is 26.0 Å². The maximum atomic E-state index is 11.8. The van der Waals surface area contributed by atoms with Crippen molar-refractivity contribution in [3.05, 3.63) is 39.9 Å². The molecule has 0 atom stereocenters. The molecule has 17 heavy (non-hydrogen) atoms. The Morgan fingerprint density at radius 2 is 2.29 bits per heavy atom. The molecular weight excluding hydrogens is 329 g/mol. The van der Waals surface area contributed by atoms with Gasteiger partial charge in [-0.3, -0.25) is 4.79 Å². The molecule has 0 bridgehead atoms. The van der Waals surface area contributed by atoms with Crippen molar-refractivity contribution < 1.29 is 9.21 Å². The van der Waals surface area contributed by atoms with E-state index in [0.717, 1.165) is 9.34 Å². The van der Waals surface area contributed by atoms with Crippen LogP contribution in [-0.4, -0.2) is 23.9 Å². The van der Waals surface area contributed by atoms with Crippen LogP contribution >= 0.6 is 22.6 Å². The Balaban J connectivity index is 2.63. The Kier molecular flexibility index (Phi) is 5.47. The largest absolute Gasteiger partial charge is 0.451 e. The zero-order chi connectivity index (χ0) is 12.8. The van der Waals surface area contributed by atoms with Crippen LogP contribution in [-0.2, 0) is 4.79 Å². The molecule has 0 saturated heterocycles. The maximum Gasteiger partial charge on any atom is 0.246 e. The summed E-state index contributed by atoms with van der Waals surface area (Å²) in [4.78, 5) is 13.6. The molecule has 0 unspecified atom stereocenters. The third-order valence-corrected chi connectivity index (χ3v) is 2.72. The van der Waals surface area contributed by atoms with Gasteiger partial charge in [0, 0.05) is 19.2 Å². The van der Waals surface area contributed by atoms with Crippen LogP contribution in [0.4, 0.5) is 0 Å². The molecule has 1 heterocycles. The second-order valence-electron chi connectivity index (χ2n) is 3.78. The van der Waals surface area contributed by atoms with Gasteiger partial charge < -0.3 is 9.32 Å². The number of halogens is 1. The van der Waals surface area contributed by atoms with Crippen LogP contribution in [0.15, 0.2) is 34.8 Å². The quantitative estimate of drug-likeness (QED) is 0.466. The van der Waals surface area contributed by atoms with Crippen LogP contribution in [0.3, 0.4) is 0 Å². The third-order valence-electron chi connectivity index (χ3n) is 2.14. The van der Waals surface area contributed by atoms with Crippen molar-refractivity contribution in [3.8, 4) is 0 Å². The molecule has 1 aromatic heterocycles. The van der Waals surface area contributed by atoms with Crippen molar-refractivity contribution in [2.75, 3.05) is 13.1 Å². The van der Waals surface area contributed by atoms with Gasteiger partial charge in [0.2, 0.25) is 5.91 Å². The summed E-state index contributed by atoms with van der Waals surface area (Å²) in [5, 5.41) is 0. The van der Waals surface area contributed by atoms with Gasteiger partial charge in [0.15, 0.2) is 3.77 Å². The smallest absolute Gasteiger partial charge is 0.246 e. The van der Waals surface area contributed by atoms with Crippen LogP contribution in [0.2, 0.25) is 0 Å². The summed E-state index contributed by atoms with van der Waals surface area (Å²) in [5.74, 6) is 0.663. The molecule has 0 radical (unpaired) electrons. The zero-order valence-corrected chi connectivity index (χ0v) is 12.2. The van der Waals surface area contributed by atoms with Crippen LogP contribution in [0, 0.1) is 3.77 Å². The lowest BCUT2D eigenvalue weighted by molar-refractivity contribution is -0.125. The average Bonchev–Trinajstić information content (AvgIpc) is 2.68. The predicted octanol–water partition coefficient (Wildman–Crippen LogP) is 3.32. The number of amides is 1. The van der Waals surface area contributed by atoms with Crippen LogP contribution in [0.25, 0.3) is 6.08 Å². The van der Waals surface area contributed by atoms with E-state index in [1.165, 1.54) is 6.08 Å². The van der Waals surface area contributed by atoms with Crippen LogP contribution in [0.1, 0.15) is 19.6 Å². The molecule has 1 aromatic rings. The number of hydrogen-bond acceptors (Lipinski definition) is 2. The standard InChI is InChI=1S/C13H16INO2/c1-4-15(9-10(2)3)13(16)8-6-11-5-7-12(14)17-11/h5-8H,2,4,9H2,1,3H3/b8-6+. The van der Waals surface area contributed by atoms with E-state index in [1.54, 1.807) is 11.0 Å². The predicted molar refractivity (Wildman–Crippen MR) is 77.5 cm³/mol. The van der Waals surface area contributed by atoms with E-state index in [4.69, 9.17) is 4.42 Å². The van der Waals surface area contributed by atoms with Gasteiger partial charge in [0.05, 0.1) is 0 Å². The Morgan fingerprint density at radius 3 is 2.76 bits per heavy atom. The first-order valence-corrected chi connectivity index (χ1v) is 6.47. The van der Waals surface area contributed by atoms with Crippen molar-refractivity contribution >= 4 is 34.6 Å². The summed E-state index contributed by atoms with van der Waals surface area (Å²) in [6.07, 6.45) is 3.22. The van der Waals surface area contributed by atoms with E-state index < -0.39 is 0 Å². The average molecular weight is 345 g/mol. The molecular formula is C13H16INO2. The SMILES string of the molecule is C=C(C)CN(CC)C(=O)/C=C/c1ccc(I)o1. The number of furan rings is 1. The number of rotatable bonds is 5. The van der Waals surface area contributed by atoms with Gasteiger partial charge in [0.25, 0.3) is 0 Å². The number of likely N-dealkylation sites (N-methyl/N-ethyl adjacent to an activating group) is 1. The van der Waals surface area contributed by atoms with Gasteiger partial charge in [-0.1, -0.05) is 12.2 Å². The van der Waals surface area contributed by atoms with Crippen molar-refractivity contribution in [2.24, 2.45) is 0 Å². The van der Waals surface area contributed by atoms with E-state index in [2.05, 4.69) is 29.2 Å². The molecule has 3 nitrogen and oxygen atoms in total. The molecule has 0 aliphatic carbocycles. The summed E-state index contributed by atoms with van der Waals surface area (Å²) in [6.45, 7) is 8.93. The highest BCUT2D eigenvalue weighted by atomic mass is 127. The highest BCUT2D eigenvalue weighted by Crippen LogP contribution is 2.11. The molecule has 0 aliphatic rings. The minimum atomic E-state index is -0.0260. The highest BCUT2D eigenvalue weighted by molar-refractivity contribution is 14.1. The van der Waals surface area contributed by atoms with Gasteiger partial charge in [0.1, 0.15) is 5.76 Å². The normalized spacial score (nSPS) is 10.8. The maximum absolute atomic E-state index is 11.8. The van der Waals surface area contributed by atoms with Crippen LogP contribution < -0.4 is 0 Å². The Morgan fingerprint density at radius 1 is 1.59 bits per heavy atom. The molecule has 0 N–H and O–H groups in total. The Labute approximate surface area is 115 Å². The number of hydrogen-bond donors (Lipinski definition) is 0. The van der Waals surface area contributed by atoms with E-state index >= 15 is 0 Å². The van der Waals surface area contributed by atoms with Gasteiger partial charge in [-0.15, -0.1) is 0 Å². The van der Waals surface area contributed by atoms with Gasteiger partial charge >= 0.3 is 0 Å². The second-order valence-corrected chi connectivity index (χ2v) is 4.85. The molecule has 0 saturated carbocycles. The summed E-state index contributed by atoms with van der Waals surface area (Å²) in [5.41, 5.74) is 0.973. The first kappa shape index (κ1) is 14.0. The van der Waals surface area contributed by atoms with Gasteiger partial charge in [-0.25, -0.2) is 0 Å². The molecule has 1 rings (SSSR count). The van der Waals surface area contributed by atoms with E-state index in [-0.39, 0.29) is 5.91 Å². The van der Waals surface area contributed by atoms with Gasteiger partial charge in [-0.05, 0) is 54.6 Å². The Hall–Kier alpha value is -1.04.